The zero-order valence-corrected chi connectivity index (χ0v) is 23.2. The number of carbonyl (C=O) groups excluding carboxylic acids is 1. The highest BCUT2D eigenvalue weighted by Crippen LogP contribution is 2.22. The Hall–Kier alpha value is -3.27. The lowest BCUT2D eigenvalue weighted by atomic mass is 10.1. The molecular weight excluding hydrogens is 494 g/mol. The molecule has 9 heteroatoms. The maximum Gasteiger partial charge on any atom is 0.239 e. The summed E-state index contributed by atoms with van der Waals surface area (Å²) in [6.07, 6.45) is 0.556. The SMILES string of the molecule is CCN(CC)CCNC(=S)Nc1ccc2nc(N3CCN(C(=O)[C@@H](N)Cc4ccccc4)CC3)ccc2c1. The van der Waals surface area contributed by atoms with Gasteiger partial charge in [-0.2, -0.15) is 0 Å². The Morgan fingerprint density at radius 3 is 2.50 bits per heavy atom. The zero-order valence-electron chi connectivity index (χ0n) is 22.4. The summed E-state index contributed by atoms with van der Waals surface area (Å²) in [5.74, 6) is 0.938. The molecule has 2 heterocycles. The number of pyridine rings is 1. The van der Waals surface area contributed by atoms with Crippen molar-refractivity contribution in [3.8, 4) is 0 Å². The molecule has 1 aliphatic heterocycles. The Bertz CT molecular complexity index is 1210. The minimum absolute atomic E-state index is 0.0143. The molecule has 3 aromatic rings. The molecule has 1 aromatic heterocycles. The molecule has 8 nitrogen and oxygen atoms in total. The normalized spacial score (nSPS) is 14.5. The minimum Gasteiger partial charge on any atom is -0.361 e. The number of nitrogens with zero attached hydrogens (tertiary/aromatic N) is 4. The summed E-state index contributed by atoms with van der Waals surface area (Å²) in [6, 6.07) is 19.6. The van der Waals surface area contributed by atoms with Gasteiger partial charge in [-0.15, -0.1) is 0 Å². The zero-order chi connectivity index (χ0) is 26.9. The van der Waals surface area contributed by atoms with Crippen LogP contribution >= 0.6 is 12.2 Å². The van der Waals surface area contributed by atoms with Gasteiger partial charge < -0.3 is 31.1 Å². The van der Waals surface area contributed by atoms with E-state index in [1.165, 1.54) is 0 Å². The molecule has 0 unspecified atom stereocenters. The molecule has 1 atom stereocenters. The van der Waals surface area contributed by atoms with Crippen LogP contribution in [0.5, 0.6) is 0 Å². The lowest BCUT2D eigenvalue weighted by molar-refractivity contribution is -0.132. The van der Waals surface area contributed by atoms with E-state index in [2.05, 4.69) is 46.4 Å². The maximum absolute atomic E-state index is 12.9. The molecule has 0 radical (unpaired) electrons. The van der Waals surface area contributed by atoms with E-state index in [1.54, 1.807) is 0 Å². The van der Waals surface area contributed by atoms with E-state index in [9.17, 15) is 4.79 Å². The van der Waals surface area contributed by atoms with Crippen LogP contribution in [-0.4, -0.2) is 84.2 Å². The van der Waals surface area contributed by atoms with Gasteiger partial charge in [-0.3, -0.25) is 4.79 Å². The van der Waals surface area contributed by atoms with E-state index in [-0.39, 0.29) is 5.91 Å². The Morgan fingerprint density at radius 1 is 1.05 bits per heavy atom. The standard InChI is InChI=1S/C29H39N7OS/c1-3-34(4-2)15-14-31-29(38)32-24-11-12-26-23(21-24)10-13-27(33-26)35-16-18-36(19-17-35)28(37)25(30)20-22-8-6-5-7-9-22/h5-13,21,25H,3-4,14-20,30H2,1-2H3,(H2,31,32,38)/t25-/m0/s1. The van der Waals surface area contributed by atoms with E-state index in [1.807, 2.05) is 53.4 Å². The predicted molar refractivity (Wildman–Crippen MR) is 161 cm³/mol. The summed E-state index contributed by atoms with van der Waals surface area (Å²) >= 11 is 5.47. The molecule has 0 saturated carbocycles. The van der Waals surface area contributed by atoms with E-state index >= 15 is 0 Å². The number of hydrogen-bond donors (Lipinski definition) is 3. The van der Waals surface area contributed by atoms with Gasteiger partial charge in [0, 0.05) is 50.3 Å². The number of benzene rings is 2. The summed E-state index contributed by atoms with van der Waals surface area (Å²) in [4.78, 5) is 24.2. The van der Waals surface area contributed by atoms with Crippen LogP contribution in [0.1, 0.15) is 19.4 Å². The second-order valence-electron chi connectivity index (χ2n) is 9.59. The number of hydrogen-bond acceptors (Lipinski definition) is 6. The van der Waals surface area contributed by atoms with Gasteiger partial charge in [0.15, 0.2) is 5.11 Å². The number of rotatable bonds is 10. The number of carbonyl (C=O) groups is 1. The molecule has 4 rings (SSSR count). The Kier molecular flexibility index (Phi) is 9.86. The number of piperazine rings is 1. The van der Waals surface area contributed by atoms with Gasteiger partial charge in [-0.1, -0.05) is 44.2 Å². The highest BCUT2D eigenvalue weighted by Gasteiger charge is 2.26. The van der Waals surface area contributed by atoms with Crippen LogP contribution < -0.4 is 21.3 Å². The Labute approximate surface area is 231 Å². The molecule has 1 aliphatic rings. The van der Waals surface area contributed by atoms with Crippen LogP contribution in [0.2, 0.25) is 0 Å². The average molecular weight is 534 g/mol. The van der Waals surface area contributed by atoms with Crippen LogP contribution in [0.4, 0.5) is 11.5 Å². The van der Waals surface area contributed by atoms with Crippen LogP contribution in [0.25, 0.3) is 10.9 Å². The fourth-order valence-corrected chi connectivity index (χ4v) is 4.98. The van der Waals surface area contributed by atoms with Crippen molar-refractivity contribution in [3.05, 3.63) is 66.2 Å². The van der Waals surface area contributed by atoms with E-state index in [0.29, 0.717) is 24.6 Å². The lowest BCUT2D eigenvalue weighted by Crippen LogP contribution is -2.53. The molecule has 0 spiro atoms. The topological polar surface area (TPSA) is 89.8 Å². The molecule has 38 heavy (non-hydrogen) atoms. The lowest BCUT2D eigenvalue weighted by Gasteiger charge is -2.36. The molecule has 202 valence electrons. The van der Waals surface area contributed by atoms with E-state index in [0.717, 1.165) is 67.2 Å². The minimum atomic E-state index is -0.518. The second kappa shape index (κ2) is 13.5. The number of nitrogens with two attached hydrogens (primary N) is 1. The third-order valence-electron chi connectivity index (χ3n) is 7.07. The van der Waals surface area contributed by atoms with Gasteiger partial charge in [0.05, 0.1) is 11.6 Å². The van der Waals surface area contributed by atoms with E-state index < -0.39 is 6.04 Å². The number of thiocarbonyl (C=S) groups is 1. The van der Waals surface area contributed by atoms with Crippen molar-refractivity contribution in [2.45, 2.75) is 26.3 Å². The summed E-state index contributed by atoms with van der Waals surface area (Å²) in [7, 11) is 0. The monoisotopic (exact) mass is 533 g/mol. The van der Waals surface area contributed by atoms with Crippen molar-refractivity contribution in [3.63, 3.8) is 0 Å². The molecule has 0 bridgehead atoms. The van der Waals surface area contributed by atoms with Crippen molar-refractivity contribution in [1.82, 2.24) is 20.1 Å². The number of nitrogens with one attached hydrogen (secondary N) is 2. The largest absolute Gasteiger partial charge is 0.361 e. The fraction of sp³-hybridized carbons (Fsp3) is 0.414. The van der Waals surface area contributed by atoms with Crippen LogP contribution in [0.3, 0.4) is 0 Å². The third kappa shape index (κ3) is 7.40. The first kappa shape index (κ1) is 27.8. The number of aromatic nitrogens is 1. The van der Waals surface area contributed by atoms with Gasteiger partial charge in [0.1, 0.15) is 5.82 Å². The smallest absolute Gasteiger partial charge is 0.239 e. The Balaban J connectivity index is 1.28. The molecule has 1 saturated heterocycles. The van der Waals surface area contributed by atoms with Gasteiger partial charge in [-0.25, -0.2) is 4.98 Å². The summed E-state index contributed by atoms with van der Waals surface area (Å²) in [6.45, 7) is 10.9. The van der Waals surface area contributed by atoms with Crippen LogP contribution in [0, 0.1) is 0 Å². The number of anilines is 2. The van der Waals surface area contributed by atoms with Gasteiger partial charge >= 0.3 is 0 Å². The highest BCUT2D eigenvalue weighted by molar-refractivity contribution is 7.80. The number of fused-ring (bicyclic) bond motifs is 1. The molecule has 1 fully saturated rings. The second-order valence-corrected chi connectivity index (χ2v) is 10.0. The Morgan fingerprint density at radius 2 is 1.79 bits per heavy atom. The van der Waals surface area contributed by atoms with E-state index in [4.69, 9.17) is 22.9 Å². The maximum atomic E-state index is 12.9. The van der Waals surface area contributed by atoms with Gasteiger partial charge in [0.25, 0.3) is 0 Å². The number of amides is 1. The molecule has 1 amide bonds. The van der Waals surface area contributed by atoms with Gasteiger partial charge in [-0.05, 0) is 67.6 Å². The first-order valence-corrected chi connectivity index (χ1v) is 13.9. The fourth-order valence-electron chi connectivity index (χ4n) is 4.76. The van der Waals surface area contributed by atoms with Crippen molar-refractivity contribution in [2.24, 2.45) is 5.73 Å². The number of likely N-dealkylation sites (N-methyl/N-ethyl adjacent to an activating group) is 1. The first-order valence-electron chi connectivity index (χ1n) is 13.5. The molecule has 4 N–H and O–H groups in total. The van der Waals surface area contributed by atoms with Crippen LogP contribution in [0.15, 0.2) is 60.7 Å². The summed E-state index contributed by atoms with van der Waals surface area (Å²) in [5.41, 5.74) is 9.19. The molecular formula is C29H39N7OS. The van der Waals surface area contributed by atoms with Crippen LogP contribution in [-0.2, 0) is 11.2 Å². The molecule has 0 aliphatic carbocycles. The average Bonchev–Trinajstić information content (AvgIpc) is 2.95. The van der Waals surface area contributed by atoms with Gasteiger partial charge in [0.2, 0.25) is 5.91 Å². The van der Waals surface area contributed by atoms with Crippen molar-refractivity contribution >= 4 is 45.6 Å². The predicted octanol–water partition coefficient (Wildman–Crippen LogP) is 3.08. The quantitative estimate of drug-likeness (QED) is 0.343. The summed E-state index contributed by atoms with van der Waals surface area (Å²) < 4.78 is 0. The summed E-state index contributed by atoms with van der Waals surface area (Å²) in [5, 5.41) is 8.23. The van der Waals surface area contributed by atoms with Crippen molar-refractivity contribution in [1.29, 1.82) is 0 Å². The van der Waals surface area contributed by atoms with Crippen molar-refractivity contribution in [2.75, 3.05) is 62.6 Å². The highest BCUT2D eigenvalue weighted by atomic mass is 32.1. The third-order valence-corrected chi connectivity index (χ3v) is 7.32. The first-order chi connectivity index (χ1) is 18.5. The van der Waals surface area contributed by atoms with Crippen molar-refractivity contribution < 1.29 is 4.79 Å². The molecule has 2 aromatic carbocycles.